The SMILES string of the molecule is CCOC(=O)CCNC(=O)CC[C@@H](C)[C@H]1CC[C@H]2[C@@H]3[C@H](O)C[C@@H]4C[C@H](O)CC[C@]4(C)[C@H]3CC[C@]12C. The molecule has 4 aliphatic carbocycles. The van der Waals surface area contributed by atoms with Gasteiger partial charge in [-0.15, -0.1) is 0 Å². The summed E-state index contributed by atoms with van der Waals surface area (Å²) in [7, 11) is 0. The molecule has 0 spiro atoms. The second-order valence-corrected chi connectivity index (χ2v) is 12.9. The molecule has 4 fully saturated rings. The lowest BCUT2D eigenvalue weighted by Gasteiger charge is -2.62. The van der Waals surface area contributed by atoms with E-state index >= 15 is 0 Å². The van der Waals surface area contributed by atoms with E-state index in [1.54, 1.807) is 6.92 Å². The van der Waals surface area contributed by atoms with E-state index in [1.807, 2.05) is 0 Å². The van der Waals surface area contributed by atoms with E-state index in [1.165, 1.54) is 25.7 Å². The first kappa shape index (κ1) is 26.9. The molecule has 0 aromatic rings. The molecule has 0 radical (unpaired) electrons. The molecule has 6 nitrogen and oxygen atoms in total. The molecule has 0 aromatic heterocycles. The Morgan fingerprint density at radius 3 is 2.46 bits per heavy atom. The molecule has 3 N–H and O–H groups in total. The lowest BCUT2D eigenvalue weighted by Crippen LogP contribution is -2.58. The minimum atomic E-state index is -0.267. The van der Waals surface area contributed by atoms with E-state index < -0.39 is 0 Å². The van der Waals surface area contributed by atoms with Gasteiger partial charge >= 0.3 is 5.97 Å². The number of fused-ring (bicyclic) bond motifs is 5. The van der Waals surface area contributed by atoms with Crippen molar-refractivity contribution in [2.45, 2.75) is 111 Å². The van der Waals surface area contributed by atoms with E-state index in [0.29, 0.717) is 55.1 Å². The van der Waals surface area contributed by atoms with Gasteiger partial charge in [0, 0.05) is 13.0 Å². The summed E-state index contributed by atoms with van der Waals surface area (Å²) < 4.78 is 4.92. The van der Waals surface area contributed by atoms with Crippen LogP contribution in [-0.4, -0.2) is 47.4 Å². The number of rotatable bonds is 8. The summed E-state index contributed by atoms with van der Waals surface area (Å²) in [6.45, 7) is 9.75. The number of carbonyl (C=O) groups excluding carboxylic acids is 2. The Labute approximate surface area is 212 Å². The molecule has 0 saturated heterocycles. The van der Waals surface area contributed by atoms with E-state index in [2.05, 4.69) is 26.1 Å². The number of ether oxygens (including phenoxy) is 1. The molecule has 35 heavy (non-hydrogen) atoms. The Balaban J connectivity index is 1.35. The highest BCUT2D eigenvalue weighted by molar-refractivity contribution is 5.77. The van der Waals surface area contributed by atoms with Crippen LogP contribution in [-0.2, 0) is 14.3 Å². The van der Waals surface area contributed by atoms with Crippen LogP contribution < -0.4 is 5.32 Å². The number of aliphatic hydroxyl groups excluding tert-OH is 2. The summed E-state index contributed by atoms with van der Waals surface area (Å²) in [5.41, 5.74) is 0.495. The molecule has 10 atom stereocenters. The zero-order valence-electron chi connectivity index (χ0n) is 22.4. The van der Waals surface area contributed by atoms with Crippen molar-refractivity contribution >= 4 is 11.9 Å². The molecule has 0 bridgehead atoms. The van der Waals surface area contributed by atoms with Gasteiger partial charge in [-0.1, -0.05) is 20.8 Å². The molecule has 6 heteroatoms. The highest BCUT2D eigenvalue weighted by atomic mass is 16.5. The van der Waals surface area contributed by atoms with Crippen LogP contribution >= 0.6 is 0 Å². The third-order valence-electron chi connectivity index (χ3n) is 11.2. The first-order valence-corrected chi connectivity index (χ1v) is 14.4. The lowest BCUT2D eigenvalue weighted by atomic mass is 9.43. The molecule has 4 rings (SSSR count). The van der Waals surface area contributed by atoms with E-state index in [0.717, 1.165) is 32.1 Å². The summed E-state index contributed by atoms with van der Waals surface area (Å²) >= 11 is 0. The largest absolute Gasteiger partial charge is 0.466 e. The smallest absolute Gasteiger partial charge is 0.307 e. The van der Waals surface area contributed by atoms with Crippen LogP contribution in [0.15, 0.2) is 0 Å². The average Bonchev–Trinajstić information content (AvgIpc) is 3.16. The Morgan fingerprint density at radius 1 is 1.00 bits per heavy atom. The third kappa shape index (κ3) is 5.16. The Kier molecular flexibility index (Phi) is 8.22. The van der Waals surface area contributed by atoms with Gasteiger partial charge in [0.15, 0.2) is 0 Å². The summed E-state index contributed by atoms with van der Waals surface area (Å²) in [5, 5.41) is 24.5. The van der Waals surface area contributed by atoms with Crippen LogP contribution in [0, 0.1) is 46.3 Å². The summed E-state index contributed by atoms with van der Waals surface area (Å²) in [5.74, 6) is 2.77. The van der Waals surface area contributed by atoms with Gasteiger partial charge in [0.1, 0.15) is 0 Å². The fourth-order valence-electron chi connectivity index (χ4n) is 9.36. The number of aliphatic hydroxyl groups is 2. The highest BCUT2D eigenvalue weighted by Crippen LogP contribution is 2.68. The standard InChI is InChI=1S/C29H49NO5/c1-5-35-26(34)12-15-30-25(33)9-6-18(2)21-7-8-22-27-23(11-14-29(21,22)4)28(3)13-10-20(31)16-19(28)17-24(27)32/h18-24,27,31-32H,5-17H2,1-4H3,(H,30,33)/t18-,19+,20-,21-,22+,23+,24-,27+,28+,29-/m1/s1. The van der Waals surface area contributed by atoms with E-state index in [9.17, 15) is 19.8 Å². The van der Waals surface area contributed by atoms with Crippen molar-refractivity contribution in [2.24, 2.45) is 46.3 Å². The topological polar surface area (TPSA) is 95.9 Å². The van der Waals surface area contributed by atoms with Crippen LogP contribution in [0.25, 0.3) is 0 Å². The van der Waals surface area contributed by atoms with Crippen molar-refractivity contribution in [1.29, 1.82) is 0 Å². The predicted molar refractivity (Wildman–Crippen MR) is 135 cm³/mol. The molecule has 200 valence electrons. The van der Waals surface area contributed by atoms with Crippen molar-refractivity contribution in [3.05, 3.63) is 0 Å². The molecule has 4 aliphatic rings. The average molecular weight is 492 g/mol. The molecule has 0 aliphatic heterocycles. The summed E-state index contributed by atoms with van der Waals surface area (Å²) in [6.07, 6.45) is 9.68. The van der Waals surface area contributed by atoms with Crippen molar-refractivity contribution in [2.75, 3.05) is 13.2 Å². The molecular formula is C29H49NO5. The fourth-order valence-corrected chi connectivity index (χ4v) is 9.36. The zero-order chi connectivity index (χ0) is 25.4. The molecule has 1 amide bonds. The van der Waals surface area contributed by atoms with Crippen molar-refractivity contribution in [3.63, 3.8) is 0 Å². The van der Waals surface area contributed by atoms with Crippen LogP contribution in [0.4, 0.5) is 0 Å². The van der Waals surface area contributed by atoms with Gasteiger partial charge in [-0.05, 0) is 111 Å². The zero-order valence-corrected chi connectivity index (χ0v) is 22.4. The molecule has 0 heterocycles. The lowest BCUT2D eigenvalue weighted by molar-refractivity contribution is -0.174. The highest BCUT2D eigenvalue weighted by Gasteiger charge is 2.62. The molecule has 0 aromatic carbocycles. The van der Waals surface area contributed by atoms with Crippen molar-refractivity contribution in [1.82, 2.24) is 5.32 Å². The number of hydrogen-bond acceptors (Lipinski definition) is 5. The first-order valence-electron chi connectivity index (χ1n) is 14.4. The van der Waals surface area contributed by atoms with Crippen molar-refractivity contribution < 1.29 is 24.5 Å². The minimum Gasteiger partial charge on any atom is -0.466 e. The van der Waals surface area contributed by atoms with Gasteiger partial charge in [-0.2, -0.15) is 0 Å². The fraction of sp³-hybridized carbons (Fsp3) is 0.931. The van der Waals surface area contributed by atoms with Crippen LogP contribution in [0.5, 0.6) is 0 Å². The molecule has 4 saturated carbocycles. The second-order valence-electron chi connectivity index (χ2n) is 12.9. The van der Waals surface area contributed by atoms with Crippen LogP contribution in [0.2, 0.25) is 0 Å². The van der Waals surface area contributed by atoms with Crippen LogP contribution in [0.1, 0.15) is 98.3 Å². The Morgan fingerprint density at radius 2 is 1.71 bits per heavy atom. The quantitative estimate of drug-likeness (QED) is 0.436. The van der Waals surface area contributed by atoms with Gasteiger partial charge in [-0.3, -0.25) is 9.59 Å². The Hall–Kier alpha value is -1.14. The number of nitrogens with one attached hydrogen (secondary N) is 1. The minimum absolute atomic E-state index is 0.0192. The number of hydrogen-bond donors (Lipinski definition) is 3. The molecule has 0 unspecified atom stereocenters. The predicted octanol–water partition coefficient (Wildman–Crippen LogP) is 4.46. The first-order chi connectivity index (χ1) is 16.6. The van der Waals surface area contributed by atoms with E-state index in [4.69, 9.17) is 4.74 Å². The van der Waals surface area contributed by atoms with Crippen LogP contribution in [0.3, 0.4) is 0 Å². The number of carbonyl (C=O) groups is 2. The molecular weight excluding hydrogens is 442 g/mol. The van der Waals surface area contributed by atoms with Gasteiger partial charge < -0.3 is 20.3 Å². The maximum atomic E-state index is 12.4. The van der Waals surface area contributed by atoms with E-state index in [-0.39, 0.29) is 41.3 Å². The Bertz CT molecular complexity index is 772. The number of esters is 1. The summed E-state index contributed by atoms with van der Waals surface area (Å²) in [6, 6.07) is 0. The summed E-state index contributed by atoms with van der Waals surface area (Å²) in [4.78, 5) is 23.8. The van der Waals surface area contributed by atoms with Crippen molar-refractivity contribution in [3.8, 4) is 0 Å². The monoisotopic (exact) mass is 491 g/mol. The maximum Gasteiger partial charge on any atom is 0.307 e. The second kappa shape index (κ2) is 10.7. The third-order valence-corrected chi connectivity index (χ3v) is 11.2. The van der Waals surface area contributed by atoms with Gasteiger partial charge in [0.2, 0.25) is 5.91 Å². The van der Waals surface area contributed by atoms with Gasteiger partial charge in [0.05, 0.1) is 25.2 Å². The normalized spacial score (nSPS) is 43.4. The number of amides is 1. The van der Waals surface area contributed by atoms with Gasteiger partial charge in [-0.25, -0.2) is 0 Å². The maximum absolute atomic E-state index is 12.4. The van der Waals surface area contributed by atoms with Gasteiger partial charge in [0.25, 0.3) is 0 Å².